The fourth-order valence-corrected chi connectivity index (χ4v) is 5.13. The number of Topliss-reactive ketones (excluding diaryl/α,β-unsaturated/α-hetero) is 1. The van der Waals surface area contributed by atoms with Crippen molar-refractivity contribution in [2.45, 2.75) is 37.1 Å². The van der Waals surface area contributed by atoms with Crippen molar-refractivity contribution in [1.29, 1.82) is 0 Å². The van der Waals surface area contributed by atoms with E-state index in [2.05, 4.69) is 6.58 Å². The molecule has 1 heterocycles. The molecular weight excluding hydrogens is 588 g/mol. The summed E-state index contributed by atoms with van der Waals surface area (Å²) in [5.41, 5.74) is 0.722. The number of hydrogen-bond acceptors (Lipinski definition) is 9. The molecule has 234 valence electrons. The molecule has 5 atom stereocenters. The van der Waals surface area contributed by atoms with Gasteiger partial charge in [0.25, 0.3) is 5.79 Å². The van der Waals surface area contributed by atoms with E-state index in [1.165, 1.54) is 30.3 Å². The molecular formula is C37H32O9. The van der Waals surface area contributed by atoms with Gasteiger partial charge in [-0.1, -0.05) is 91.0 Å². The van der Waals surface area contributed by atoms with Gasteiger partial charge in [0.2, 0.25) is 11.9 Å². The van der Waals surface area contributed by atoms with Gasteiger partial charge in [0, 0.05) is 5.56 Å². The zero-order valence-corrected chi connectivity index (χ0v) is 25.0. The monoisotopic (exact) mass is 620 g/mol. The Morgan fingerprint density at radius 3 is 1.46 bits per heavy atom. The molecule has 9 nitrogen and oxygen atoms in total. The van der Waals surface area contributed by atoms with Crippen LogP contribution in [0.2, 0.25) is 0 Å². The van der Waals surface area contributed by atoms with Crippen LogP contribution in [0.1, 0.15) is 48.4 Å². The highest BCUT2D eigenvalue weighted by Gasteiger charge is 2.64. The molecule has 9 heteroatoms. The van der Waals surface area contributed by atoms with Crippen molar-refractivity contribution < 1.29 is 42.9 Å². The average Bonchev–Trinajstić information content (AvgIpc) is 3.11. The molecule has 0 aromatic heterocycles. The summed E-state index contributed by atoms with van der Waals surface area (Å²) in [5.74, 6) is -5.47. The predicted octanol–water partition coefficient (Wildman–Crippen LogP) is 5.86. The maximum Gasteiger partial charge on any atom is 0.338 e. The van der Waals surface area contributed by atoms with Crippen molar-refractivity contribution in [2.24, 2.45) is 0 Å². The lowest BCUT2D eigenvalue weighted by atomic mass is 9.87. The van der Waals surface area contributed by atoms with Gasteiger partial charge in [-0.15, -0.1) is 6.58 Å². The van der Waals surface area contributed by atoms with E-state index >= 15 is 0 Å². The minimum atomic E-state index is -2.35. The van der Waals surface area contributed by atoms with Crippen LogP contribution in [-0.4, -0.2) is 60.5 Å². The van der Waals surface area contributed by atoms with E-state index < -0.39 is 53.9 Å². The first-order valence-electron chi connectivity index (χ1n) is 14.6. The van der Waals surface area contributed by atoms with Crippen LogP contribution >= 0.6 is 0 Å². The smallest absolute Gasteiger partial charge is 0.338 e. The predicted molar refractivity (Wildman–Crippen MR) is 167 cm³/mol. The first-order valence-corrected chi connectivity index (χ1v) is 14.6. The van der Waals surface area contributed by atoms with Gasteiger partial charge in [-0.05, 0) is 43.3 Å². The lowest BCUT2D eigenvalue weighted by Crippen LogP contribution is -2.70. The summed E-state index contributed by atoms with van der Waals surface area (Å²) < 4.78 is 30.4. The Balaban J connectivity index is 1.65. The number of carbonyl (C=O) groups excluding carboxylic acids is 4. The zero-order valence-electron chi connectivity index (χ0n) is 25.0. The number of ether oxygens (including phenoxy) is 5. The third-order valence-corrected chi connectivity index (χ3v) is 7.34. The van der Waals surface area contributed by atoms with Crippen LogP contribution < -0.4 is 0 Å². The van der Waals surface area contributed by atoms with Crippen molar-refractivity contribution in [3.63, 3.8) is 0 Å². The molecule has 0 saturated carbocycles. The summed E-state index contributed by atoms with van der Waals surface area (Å²) in [6, 6.07) is 32.5. The molecule has 1 aliphatic rings. The van der Waals surface area contributed by atoms with Gasteiger partial charge in [-0.2, -0.15) is 0 Å². The molecule has 4 aromatic rings. The van der Waals surface area contributed by atoms with Crippen LogP contribution in [-0.2, 0) is 23.7 Å². The van der Waals surface area contributed by atoms with Crippen molar-refractivity contribution in [3.05, 3.63) is 156 Å². The van der Waals surface area contributed by atoms with Gasteiger partial charge in [-0.3, -0.25) is 4.79 Å². The second-order valence-electron chi connectivity index (χ2n) is 10.4. The van der Waals surface area contributed by atoms with Crippen LogP contribution in [0.15, 0.2) is 134 Å². The molecule has 4 aromatic carbocycles. The Morgan fingerprint density at radius 2 is 1.02 bits per heavy atom. The standard InChI is InChI=1S/C37H32O9/c1-3-24-42-37(32(38)26-16-8-4-9-17-26)33(45-36(41)29-22-14-7-15-23-29)31(44-35(40)28-20-12-6-13-21-28)30(25(2)46-37)43-34(39)27-18-10-5-11-19-27/h3-23,25,30-31,33H,1,24H2,2H3/t25-,30+,31+,33-,37-/m0/s1. The van der Waals surface area contributed by atoms with Crippen LogP contribution in [0.3, 0.4) is 0 Å². The summed E-state index contributed by atoms with van der Waals surface area (Å²) in [7, 11) is 0. The summed E-state index contributed by atoms with van der Waals surface area (Å²) in [6.45, 7) is 5.04. The van der Waals surface area contributed by atoms with Crippen LogP contribution in [0.25, 0.3) is 0 Å². The second-order valence-corrected chi connectivity index (χ2v) is 10.4. The molecule has 1 fully saturated rings. The molecule has 0 amide bonds. The van der Waals surface area contributed by atoms with Gasteiger partial charge < -0.3 is 23.7 Å². The first-order chi connectivity index (χ1) is 22.3. The lowest BCUT2D eigenvalue weighted by Gasteiger charge is -2.49. The molecule has 1 saturated heterocycles. The van der Waals surface area contributed by atoms with Gasteiger partial charge in [0.1, 0.15) is 0 Å². The number of rotatable bonds is 11. The van der Waals surface area contributed by atoms with Crippen LogP contribution in [0.5, 0.6) is 0 Å². The quantitative estimate of drug-likeness (QED) is 0.0880. The summed E-state index contributed by atoms with van der Waals surface area (Å²) in [5, 5.41) is 0. The third-order valence-electron chi connectivity index (χ3n) is 7.34. The highest BCUT2D eigenvalue weighted by atomic mass is 16.7. The molecule has 46 heavy (non-hydrogen) atoms. The minimum Gasteiger partial charge on any atom is -0.452 e. The van der Waals surface area contributed by atoms with E-state index in [1.54, 1.807) is 104 Å². The van der Waals surface area contributed by atoms with Crippen molar-refractivity contribution >= 4 is 23.7 Å². The van der Waals surface area contributed by atoms with E-state index in [0.717, 1.165) is 0 Å². The molecule has 5 rings (SSSR count). The van der Waals surface area contributed by atoms with Crippen molar-refractivity contribution in [3.8, 4) is 0 Å². The van der Waals surface area contributed by atoms with Crippen molar-refractivity contribution in [1.82, 2.24) is 0 Å². The lowest BCUT2D eigenvalue weighted by molar-refractivity contribution is -0.325. The molecule has 0 N–H and O–H groups in total. The first kappa shape index (κ1) is 32.0. The second kappa shape index (κ2) is 14.6. The molecule has 0 radical (unpaired) electrons. The third kappa shape index (κ3) is 6.96. The SMILES string of the molecule is C=CCO[C@@]1(C(=O)c2ccccc2)O[C@@H](C)[C@@H](OC(=O)c2ccccc2)[C@@H](OC(=O)c2ccccc2)[C@@H]1OC(=O)c1ccccc1. The maximum atomic E-state index is 14.4. The molecule has 1 aliphatic heterocycles. The number of carbonyl (C=O) groups is 4. The minimum absolute atomic E-state index is 0.150. The van der Waals surface area contributed by atoms with E-state index in [1.807, 2.05) is 0 Å². The van der Waals surface area contributed by atoms with Crippen LogP contribution in [0, 0.1) is 0 Å². The molecule has 0 aliphatic carbocycles. The number of benzene rings is 4. The van der Waals surface area contributed by atoms with Crippen molar-refractivity contribution in [2.75, 3.05) is 6.61 Å². The van der Waals surface area contributed by atoms with Gasteiger partial charge in [0.05, 0.1) is 29.4 Å². The number of ketones is 1. The Hall–Kier alpha value is -5.38. The summed E-state index contributed by atoms with van der Waals surface area (Å²) in [6.07, 6.45) is -4.39. The highest BCUT2D eigenvalue weighted by molar-refractivity contribution is 6.03. The summed E-state index contributed by atoms with van der Waals surface area (Å²) >= 11 is 0. The molecule has 0 spiro atoms. The van der Waals surface area contributed by atoms with Gasteiger partial charge in [0.15, 0.2) is 12.2 Å². The van der Waals surface area contributed by atoms with E-state index in [9.17, 15) is 19.2 Å². The summed E-state index contributed by atoms with van der Waals surface area (Å²) in [4.78, 5) is 55.0. The fourth-order valence-electron chi connectivity index (χ4n) is 5.13. The average molecular weight is 621 g/mol. The normalized spacial score (nSPS) is 22.2. The van der Waals surface area contributed by atoms with Gasteiger partial charge in [-0.25, -0.2) is 14.4 Å². The van der Waals surface area contributed by atoms with Crippen LogP contribution in [0.4, 0.5) is 0 Å². The maximum absolute atomic E-state index is 14.4. The van der Waals surface area contributed by atoms with E-state index in [-0.39, 0.29) is 28.9 Å². The Kier molecular flexibility index (Phi) is 10.2. The zero-order chi connectivity index (χ0) is 32.5. The van der Waals surface area contributed by atoms with Gasteiger partial charge >= 0.3 is 17.9 Å². The number of hydrogen-bond donors (Lipinski definition) is 0. The largest absolute Gasteiger partial charge is 0.452 e. The fraction of sp³-hybridized carbons (Fsp3) is 0.189. The Morgan fingerprint density at radius 1 is 0.630 bits per heavy atom. The van der Waals surface area contributed by atoms with E-state index in [4.69, 9.17) is 23.7 Å². The Bertz CT molecular complexity index is 1660. The molecule has 0 unspecified atom stereocenters. The highest BCUT2D eigenvalue weighted by Crippen LogP contribution is 2.40. The number of esters is 3. The Labute approximate surface area is 266 Å². The molecule has 0 bridgehead atoms. The van der Waals surface area contributed by atoms with E-state index in [0.29, 0.717) is 0 Å². The topological polar surface area (TPSA) is 114 Å².